The lowest BCUT2D eigenvalue weighted by atomic mass is 10.1. The smallest absolute Gasteiger partial charge is 0.344 e. The highest BCUT2D eigenvalue weighted by Gasteiger charge is 2.30. The first-order valence-electron chi connectivity index (χ1n) is 8.37. The lowest BCUT2D eigenvalue weighted by molar-refractivity contribution is -0.137. The fourth-order valence-corrected chi connectivity index (χ4v) is 3.21. The molecule has 0 fully saturated rings. The number of alkyl halides is 3. The van der Waals surface area contributed by atoms with Crippen LogP contribution in [-0.2, 0) is 13.2 Å². The molecule has 0 saturated heterocycles. The fraction of sp³-hybridized carbons (Fsp3) is 0.0952. The fourth-order valence-electron chi connectivity index (χ4n) is 3.21. The molecule has 0 atom stereocenters. The Morgan fingerprint density at radius 2 is 1.67 bits per heavy atom. The summed E-state index contributed by atoms with van der Waals surface area (Å²) in [6.07, 6.45) is -2.78. The number of para-hydroxylation sites is 1. The largest absolute Gasteiger partial charge is 0.416 e. The number of aryl methyl sites for hydroxylation is 1. The molecule has 1 aromatic heterocycles. The summed E-state index contributed by atoms with van der Waals surface area (Å²) < 4.78 is 40.4. The molecule has 0 spiro atoms. The Labute approximate surface area is 153 Å². The lowest BCUT2D eigenvalue weighted by Crippen LogP contribution is -2.05. The number of rotatable bonds is 3. The third-order valence-corrected chi connectivity index (χ3v) is 4.53. The van der Waals surface area contributed by atoms with Gasteiger partial charge in [-0.1, -0.05) is 30.3 Å². The Bertz CT molecular complexity index is 1160. The van der Waals surface area contributed by atoms with E-state index in [1.807, 2.05) is 37.4 Å². The second-order valence-electron chi connectivity index (χ2n) is 6.30. The molecule has 3 nitrogen and oxygen atoms in total. The Hall–Kier alpha value is -3.28. The normalized spacial score (nSPS) is 12.3. The Kier molecular flexibility index (Phi) is 4.11. The molecule has 3 aromatic carbocycles. The van der Waals surface area contributed by atoms with E-state index in [4.69, 9.17) is 0 Å². The average Bonchev–Trinajstić information content (AvgIpc) is 2.94. The summed E-state index contributed by atoms with van der Waals surface area (Å²) in [7, 11) is 2.02. The third-order valence-electron chi connectivity index (χ3n) is 4.53. The number of hydrogen-bond acceptors (Lipinski definition) is 2. The molecule has 1 heterocycles. The molecule has 0 aliphatic heterocycles. The van der Waals surface area contributed by atoms with E-state index in [1.54, 1.807) is 12.3 Å². The van der Waals surface area contributed by atoms with Gasteiger partial charge in [-0.25, -0.2) is 0 Å². The maximum absolute atomic E-state index is 12.8. The Balaban J connectivity index is 1.61. The summed E-state index contributed by atoms with van der Waals surface area (Å²) in [5, 5.41) is 6.34. The summed E-state index contributed by atoms with van der Waals surface area (Å²) in [4.78, 5) is 0. The highest BCUT2D eigenvalue weighted by atomic mass is 19.4. The SMILES string of the molecule is Cn1c2ccccc2c2cc(/C=N\Nc3cccc(C(F)(F)F)c3)ccc21. The molecule has 0 amide bonds. The van der Waals surface area contributed by atoms with Gasteiger partial charge < -0.3 is 4.57 Å². The number of hydrazone groups is 1. The van der Waals surface area contributed by atoms with Crippen molar-refractivity contribution in [2.45, 2.75) is 6.18 Å². The van der Waals surface area contributed by atoms with Crippen LogP contribution in [0, 0.1) is 0 Å². The maximum Gasteiger partial charge on any atom is 0.416 e. The number of nitrogens with one attached hydrogen (secondary N) is 1. The number of anilines is 1. The molecule has 0 bridgehead atoms. The highest BCUT2D eigenvalue weighted by molar-refractivity contribution is 6.09. The van der Waals surface area contributed by atoms with E-state index in [0.29, 0.717) is 0 Å². The number of nitrogens with zero attached hydrogens (tertiary/aromatic N) is 2. The van der Waals surface area contributed by atoms with Crippen molar-refractivity contribution in [3.05, 3.63) is 77.9 Å². The van der Waals surface area contributed by atoms with Crippen molar-refractivity contribution in [2.75, 3.05) is 5.43 Å². The van der Waals surface area contributed by atoms with Gasteiger partial charge in [0.25, 0.3) is 0 Å². The number of aromatic nitrogens is 1. The van der Waals surface area contributed by atoms with Gasteiger partial charge in [0.1, 0.15) is 0 Å². The van der Waals surface area contributed by atoms with Crippen molar-refractivity contribution in [1.29, 1.82) is 0 Å². The molecule has 0 aliphatic rings. The van der Waals surface area contributed by atoms with Crippen LogP contribution in [0.4, 0.5) is 18.9 Å². The zero-order valence-electron chi connectivity index (χ0n) is 14.5. The highest BCUT2D eigenvalue weighted by Crippen LogP contribution is 2.31. The van der Waals surface area contributed by atoms with Crippen LogP contribution in [0.5, 0.6) is 0 Å². The summed E-state index contributed by atoms with van der Waals surface area (Å²) in [6.45, 7) is 0. The number of benzene rings is 3. The molecule has 1 N–H and O–H groups in total. The number of hydrogen-bond donors (Lipinski definition) is 1. The van der Waals surface area contributed by atoms with E-state index in [0.717, 1.165) is 39.5 Å². The third kappa shape index (κ3) is 3.26. The molecule has 27 heavy (non-hydrogen) atoms. The lowest BCUT2D eigenvalue weighted by Gasteiger charge is -2.08. The molecule has 4 aromatic rings. The standard InChI is InChI=1S/C21H16F3N3/c1-27-19-8-3-2-7-17(19)18-11-14(9-10-20(18)27)13-25-26-16-6-4-5-15(12-16)21(22,23)24/h2-13,26H,1H3/b25-13-. The monoisotopic (exact) mass is 367 g/mol. The van der Waals surface area contributed by atoms with Crippen molar-refractivity contribution >= 4 is 33.7 Å². The van der Waals surface area contributed by atoms with E-state index >= 15 is 0 Å². The van der Waals surface area contributed by atoms with E-state index in [2.05, 4.69) is 27.2 Å². The van der Waals surface area contributed by atoms with Gasteiger partial charge in [0, 0.05) is 28.9 Å². The second kappa shape index (κ2) is 6.46. The minimum absolute atomic E-state index is 0.285. The average molecular weight is 367 g/mol. The minimum atomic E-state index is -4.37. The molecular weight excluding hydrogens is 351 g/mol. The molecule has 0 aliphatic carbocycles. The Morgan fingerprint density at radius 3 is 2.48 bits per heavy atom. The van der Waals surface area contributed by atoms with Gasteiger partial charge in [0.15, 0.2) is 0 Å². The predicted octanol–water partition coefficient (Wildman–Crippen LogP) is 5.80. The van der Waals surface area contributed by atoms with Crippen LogP contribution in [0.15, 0.2) is 71.8 Å². The van der Waals surface area contributed by atoms with E-state index in [-0.39, 0.29) is 5.69 Å². The summed E-state index contributed by atoms with van der Waals surface area (Å²) in [5.41, 5.74) is 5.35. The summed E-state index contributed by atoms with van der Waals surface area (Å²) in [5.74, 6) is 0. The predicted molar refractivity (Wildman–Crippen MR) is 103 cm³/mol. The van der Waals surface area contributed by atoms with Crippen LogP contribution in [0.25, 0.3) is 21.8 Å². The first kappa shape index (κ1) is 17.1. The van der Waals surface area contributed by atoms with Gasteiger partial charge in [0.2, 0.25) is 0 Å². The molecule has 0 radical (unpaired) electrons. The van der Waals surface area contributed by atoms with E-state index in [9.17, 15) is 13.2 Å². The second-order valence-corrected chi connectivity index (χ2v) is 6.30. The molecule has 0 unspecified atom stereocenters. The number of halogens is 3. The first-order chi connectivity index (χ1) is 12.9. The van der Waals surface area contributed by atoms with Gasteiger partial charge in [-0.05, 0) is 42.0 Å². The maximum atomic E-state index is 12.8. The Morgan fingerprint density at radius 1 is 0.889 bits per heavy atom. The van der Waals surface area contributed by atoms with Gasteiger partial charge in [-0.15, -0.1) is 0 Å². The van der Waals surface area contributed by atoms with Crippen LogP contribution in [0.1, 0.15) is 11.1 Å². The molecule has 0 saturated carbocycles. The van der Waals surface area contributed by atoms with Crippen molar-refractivity contribution in [3.8, 4) is 0 Å². The zero-order valence-corrected chi connectivity index (χ0v) is 14.5. The van der Waals surface area contributed by atoms with E-state index in [1.165, 1.54) is 6.07 Å². The van der Waals surface area contributed by atoms with Gasteiger partial charge in [0.05, 0.1) is 17.5 Å². The minimum Gasteiger partial charge on any atom is -0.344 e. The van der Waals surface area contributed by atoms with Crippen molar-refractivity contribution in [2.24, 2.45) is 12.1 Å². The van der Waals surface area contributed by atoms with Crippen LogP contribution in [0.2, 0.25) is 0 Å². The van der Waals surface area contributed by atoms with Crippen molar-refractivity contribution in [1.82, 2.24) is 4.57 Å². The topological polar surface area (TPSA) is 29.3 Å². The zero-order chi connectivity index (χ0) is 19.0. The summed E-state index contributed by atoms with van der Waals surface area (Å²) >= 11 is 0. The first-order valence-corrected chi connectivity index (χ1v) is 8.37. The molecule has 4 rings (SSSR count). The molecular formula is C21H16F3N3. The van der Waals surface area contributed by atoms with Crippen LogP contribution >= 0.6 is 0 Å². The van der Waals surface area contributed by atoms with E-state index < -0.39 is 11.7 Å². The van der Waals surface area contributed by atoms with Crippen LogP contribution in [-0.4, -0.2) is 10.8 Å². The van der Waals surface area contributed by atoms with Gasteiger partial charge >= 0.3 is 6.18 Å². The molecule has 6 heteroatoms. The quantitative estimate of drug-likeness (QED) is 0.360. The van der Waals surface area contributed by atoms with Crippen LogP contribution in [0.3, 0.4) is 0 Å². The van der Waals surface area contributed by atoms with Crippen LogP contribution < -0.4 is 5.43 Å². The van der Waals surface area contributed by atoms with Gasteiger partial charge in [-0.2, -0.15) is 18.3 Å². The summed E-state index contributed by atoms with van der Waals surface area (Å²) in [6, 6.07) is 19.1. The number of fused-ring (bicyclic) bond motifs is 3. The van der Waals surface area contributed by atoms with Gasteiger partial charge in [-0.3, -0.25) is 5.43 Å². The van der Waals surface area contributed by atoms with Crippen molar-refractivity contribution in [3.63, 3.8) is 0 Å². The van der Waals surface area contributed by atoms with Crippen molar-refractivity contribution < 1.29 is 13.2 Å². The molecule has 136 valence electrons.